The van der Waals surface area contributed by atoms with Gasteiger partial charge in [0.1, 0.15) is 17.9 Å². The van der Waals surface area contributed by atoms with Gasteiger partial charge in [-0.15, -0.1) is 0 Å². The van der Waals surface area contributed by atoms with Crippen molar-refractivity contribution in [2.24, 2.45) is 5.73 Å². The standard InChI is InChI=1S/C9H5N3O4/c10-3-7-6(9(11)14)1-5(4-13)2-8(7)12(15)16/h1-2,4H,(H2,11,14). The molecule has 1 amide bonds. The van der Waals surface area contributed by atoms with Gasteiger partial charge in [0.2, 0.25) is 5.91 Å². The van der Waals surface area contributed by atoms with Crippen LogP contribution in [0.2, 0.25) is 0 Å². The van der Waals surface area contributed by atoms with Crippen molar-refractivity contribution in [1.82, 2.24) is 0 Å². The van der Waals surface area contributed by atoms with E-state index in [1.165, 1.54) is 6.07 Å². The van der Waals surface area contributed by atoms with Gasteiger partial charge in [-0.1, -0.05) is 0 Å². The van der Waals surface area contributed by atoms with Crippen LogP contribution in [0.15, 0.2) is 12.1 Å². The van der Waals surface area contributed by atoms with Gasteiger partial charge in [0, 0.05) is 11.6 Å². The number of nitro groups is 1. The lowest BCUT2D eigenvalue weighted by Crippen LogP contribution is -2.14. The first-order chi connectivity index (χ1) is 7.51. The Labute approximate surface area is 89.2 Å². The van der Waals surface area contributed by atoms with E-state index in [0.717, 1.165) is 12.1 Å². The van der Waals surface area contributed by atoms with Crippen molar-refractivity contribution in [1.29, 1.82) is 5.26 Å². The third-order valence-corrected chi connectivity index (χ3v) is 1.85. The molecule has 1 aromatic carbocycles. The SMILES string of the molecule is N#Cc1c(C(N)=O)cc(C=O)cc1[N+](=O)[O-]. The van der Waals surface area contributed by atoms with Crippen LogP contribution in [0, 0.1) is 21.4 Å². The van der Waals surface area contributed by atoms with Crippen LogP contribution >= 0.6 is 0 Å². The molecular formula is C9H5N3O4. The Morgan fingerprint density at radius 2 is 2.19 bits per heavy atom. The minimum absolute atomic E-state index is 0.0838. The zero-order chi connectivity index (χ0) is 12.3. The van der Waals surface area contributed by atoms with E-state index in [-0.39, 0.29) is 11.1 Å². The van der Waals surface area contributed by atoms with Crippen LogP contribution in [0.5, 0.6) is 0 Å². The van der Waals surface area contributed by atoms with Crippen LogP contribution in [-0.2, 0) is 0 Å². The molecule has 0 saturated carbocycles. The number of rotatable bonds is 3. The normalized spacial score (nSPS) is 9.19. The van der Waals surface area contributed by atoms with Gasteiger partial charge in [-0.05, 0) is 6.07 Å². The minimum atomic E-state index is -0.997. The van der Waals surface area contributed by atoms with Crippen molar-refractivity contribution in [2.75, 3.05) is 0 Å². The highest BCUT2D eigenvalue weighted by atomic mass is 16.6. The van der Waals surface area contributed by atoms with Gasteiger partial charge in [0.25, 0.3) is 5.69 Å². The Bertz CT molecular complexity index is 495. The van der Waals surface area contributed by atoms with Crippen LogP contribution in [0.4, 0.5) is 5.69 Å². The van der Waals surface area contributed by atoms with Crippen LogP contribution in [0.3, 0.4) is 0 Å². The van der Waals surface area contributed by atoms with Crippen LogP contribution in [-0.4, -0.2) is 17.1 Å². The number of carbonyl (C=O) groups is 2. The zero-order valence-electron chi connectivity index (χ0n) is 7.84. The molecule has 0 fully saturated rings. The first-order valence-corrected chi connectivity index (χ1v) is 3.98. The van der Waals surface area contributed by atoms with Crippen molar-refractivity contribution >= 4 is 17.9 Å². The maximum Gasteiger partial charge on any atom is 0.288 e. The van der Waals surface area contributed by atoms with E-state index >= 15 is 0 Å². The maximum atomic E-state index is 11.0. The van der Waals surface area contributed by atoms with Gasteiger partial charge < -0.3 is 5.73 Å². The molecule has 0 heterocycles. The van der Waals surface area contributed by atoms with Gasteiger partial charge >= 0.3 is 0 Å². The summed E-state index contributed by atoms with van der Waals surface area (Å²) >= 11 is 0. The second kappa shape index (κ2) is 4.18. The minimum Gasteiger partial charge on any atom is -0.366 e. The van der Waals surface area contributed by atoms with Crippen LogP contribution in [0.1, 0.15) is 26.3 Å². The van der Waals surface area contributed by atoms with Crippen molar-refractivity contribution in [3.63, 3.8) is 0 Å². The van der Waals surface area contributed by atoms with E-state index in [4.69, 9.17) is 11.0 Å². The molecule has 7 nitrogen and oxygen atoms in total. The highest BCUT2D eigenvalue weighted by Crippen LogP contribution is 2.23. The molecule has 0 aliphatic heterocycles. The summed E-state index contributed by atoms with van der Waals surface area (Å²) in [5, 5.41) is 19.3. The second-order valence-electron chi connectivity index (χ2n) is 2.81. The fourth-order valence-corrected chi connectivity index (χ4v) is 1.17. The Balaban J connectivity index is 3.67. The van der Waals surface area contributed by atoms with E-state index in [1.54, 1.807) is 0 Å². The Hall–Kier alpha value is -2.75. The lowest BCUT2D eigenvalue weighted by Gasteiger charge is -2.01. The van der Waals surface area contributed by atoms with Crippen molar-refractivity contribution < 1.29 is 14.5 Å². The summed E-state index contributed by atoms with van der Waals surface area (Å²) < 4.78 is 0. The molecule has 7 heteroatoms. The molecule has 0 bridgehead atoms. The summed E-state index contributed by atoms with van der Waals surface area (Å²) in [4.78, 5) is 31.2. The molecule has 16 heavy (non-hydrogen) atoms. The summed E-state index contributed by atoms with van der Waals surface area (Å²) in [6.07, 6.45) is 0.334. The summed E-state index contributed by atoms with van der Waals surface area (Å²) in [5.74, 6) is -0.997. The number of nitro benzene ring substituents is 1. The number of carbonyl (C=O) groups excluding carboxylic acids is 2. The molecule has 0 saturated heterocycles. The van der Waals surface area contributed by atoms with E-state index in [1.807, 2.05) is 0 Å². The molecule has 0 aromatic heterocycles. The maximum absolute atomic E-state index is 11.0. The number of benzene rings is 1. The molecule has 1 rings (SSSR count). The quantitative estimate of drug-likeness (QED) is 0.446. The first kappa shape index (κ1) is 11.3. The number of hydrogen-bond acceptors (Lipinski definition) is 5. The lowest BCUT2D eigenvalue weighted by molar-refractivity contribution is -0.385. The number of hydrogen-bond donors (Lipinski definition) is 1. The van der Waals surface area contributed by atoms with Gasteiger partial charge in [-0.3, -0.25) is 19.7 Å². The fourth-order valence-electron chi connectivity index (χ4n) is 1.17. The molecule has 2 N–H and O–H groups in total. The molecule has 1 aromatic rings. The molecule has 0 aliphatic carbocycles. The second-order valence-corrected chi connectivity index (χ2v) is 2.81. The first-order valence-electron chi connectivity index (χ1n) is 3.98. The van der Waals surface area contributed by atoms with Crippen molar-refractivity contribution in [2.45, 2.75) is 0 Å². The molecule has 0 spiro atoms. The number of nitriles is 1. The van der Waals surface area contributed by atoms with Crippen molar-refractivity contribution in [3.8, 4) is 6.07 Å². The molecule has 80 valence electrons. The summed E-state index contributed by atoms with van der Waals surface area (Å²) in [6.45, 7) is 0. The van der Waals surface area contributed by atoms with E-state index in [9.17, 15) is 19.7 Å². The van der Waals surface area contributed by atoms with Crippen LogP contribution < -0.4 is 5.73 Å². The third kappa shape index (κ3) is 1.85. The molecule has 0 unspecified atom stereocenters. The summed E-state index contributed by atoms with van der Waals surface area (Å²) in [5.41, 5.74) is 3.48. The molecule has 0 aliphatic rings. The average Bonchev–Trinajstić information content (AvgIpc) is 2.26. The molecular weight excluding hydrogens is 214 g/mol. The fraction of sp³-hybridized carbons (Fsp3) is 0. The Morgan fingerprint density at radius 3 is 2.56 bits per heavy atom. The topological polar surface area (TPSA) is 127 Å². The Morgan fingerprint density at radius 1 is 1.56 bits per heavy atom. The molecule has 0 atom stereocenters. The van der Waals surface area contributed by atoms with E-state index < -0.39 is 22.1 Å². The number of amides is 1. The van der Waals surface area contributed by atoms with E-state index in [2.05, 4.69) is 0 Å². The smallest absolute Gasteiger partial charge is 0.288 e. The predicted octanol–water partition coefficient (Wildman–Crippen LogP) is 0.378. The van der Waals surface area contributed by atoms with Gasteiger partial charge in [-0.2, -0.15) is 5.26 Å². The largest absolute Gasteiger partial charge is 0.366 e. The lowest BCUT2D eigenvalue weighted by atomic mass is 10.0. The summed E-state index contributed by atoms with van der Waals surface area (Å²) in [6, 6.07) is 3.48. The average molecular weight is 219 g/mol. The van der Waals surface area contributed by atoms with Gasteiger partial charge in [-0.25, -0.2) is 0 Å². The monoisotopic (exact) mass is 219 g/mol. The number of nitrogens with zero attached hydrogens (tertiary/aromatic N) is 2. The highest BCUT2D eigenvalue weighted by Gasteiger charge is 2.22. The van der Waals surface area contributed by atoms with Crippen molar-refractivity contribution in [3.05, 3.63) is 38.9 Å². The third-order valence-electron chi connectivity index (χ3n) is 1.85. The highest BCUT2D eigenvalue weighted by molar-refractivity contribution is 5.98. The number of primary amides is 1. The zero-order valence-corrected chi connectivity index (χ0v) is 7.84. The summed E-state index contributed by atoms with van der Waals surface area (Å²) in [7, 11) is 0. The predicted molar refractivity (Wildman–Crippen MR) is 51.7 cm³/mol. The number of aldehydes is 1. The van der Waals surface area contributed by atoms with Crippen LogP contribution in [0.25, 0.3) is 0 Å². The van der Waals surface area contributed by atoms with Gasteiger partial charge in [0.05, 0.1) is 10.5 Å². The Kier molecular flexibility index (Phi) is 2.96. The van der Waals surface area contributed by atoms with E-state index in [0.29, 0.717) is 6.29 Å². The molecule has 0 radical (unpaired) electrons. The number of nitrogens with two attached hydrogens (primary N) is 1. The van der Waals surface area contributed by atoms with Gasteiger partial charge in [0.15, 0.2) is 0 Å².